The van der Waals surface area contributed by atoms with Gasteiger partial charge in [-0.05, 0) is 37.1 Å². The van der Waals surface area contributed by atoms with Gasteiger partial charge in [0.1, 0.15) is 6.61 Å². The number of hydrogen-bond donors (Lipinski definition) is 2. The van der Waals surface area contributed by atoms with Crippen LogP contribution < -0.4 is 4.72 Å². The van der Waals surface area contributed by atoms with E-state index in [1.165, 1.54) is 6.42 Å². The lowest BCUT2D eigenvalue weighted by molar-refractivity contribution is 0.350. The van der Waals surface area contributed by atoms with Crippen LogP contribution in [0.25, 0.3) is 0 Å². The Labute approximate surface area is 120 Å². The normalized spacial score (nSPS) is 16.4. The van der Waals surface area contributed by atoms with E-state index in [1.54, 1.807) is 24.3 Å². The van der Waals surface area contributed by atoms with Crippen LogP contribution in [0.15, 0.2) is 29.2 Å². The van der Waals surface area contributed by atoms with Gasteiger partial charge in [0.05, 0.1) is 4.90 Å². The summed E-state index contributed by atoms with van der Waals surface area (Å²) in [6.07, 6.45) is 5.20. The van der Waals surface area contributed by atoms with Crippen LogP contribution in [0.3, 0.4) is 0 Å². The molecular formula is C15H19NO3S. The molecule has 2 rings (SSSR count). The summed E-state index contributed by atoms with van der Waals surface area (Å²) >= 11 is 0. The molecule has 0 aliphatic heterocycles. The van der Waals surface area contributed by atoms with E-state index in [1.807, 2.05) is 0 Å². The molecule has 4 nitrogen and oxygen atoms in total. The molecule has 1 aromatic carbocycles. The summed E-state index contributed by atoms with van der Waals surface area (Å²) in [6.45, 7) is -0.205. The Kier molecular flexibility index (Phi) is 5.18. The van der Waals surface area contributed by atoms with E-state index in [4.69, 9.17) is 5.11 Å². The quantitative estimate of drug-likeness (QED) is 0.833. The maximum atomic E-state index is 12.2. The largest absolute Gasteiger partial charge is 0.384 e. The molecule has 0 radical (unpaired) electrons. The molecule has 0 aromatic heterocycles. The average Bonchev–Trinajstić information content (AvgIpc) is 2.46. The van der Waals surface area contributed by atoms with Crippen molar-refractivity contribution >= 4 is 10.0 Å². The van der Waals surface area contributed by atoms with Crippen LogP contribution in [-0.2, 0) is 10.0 Å². The first kappa shape index (κ1) is 15.0. The summed E-state index contributed by atoms with van der Waals surface area (Å²) in [4.78, 5) is 0.262. The topological polar surface area (TPSA) is 66.4 Å². The maximum absolute atomic E-state index is 12.2. The minimum Gasteiger partial charge on any atom is -0.384 e. The van der Waals surface area contributed by atoms with Crippen LogP contribution in [0.2, 0.25) is 0 Å². The molecule has 1 saturated carbocycles. The van der Waals surface area contributed by atoms with Crippen molar-refractivity contribution in [2.24, 2.45) is 0 Å². The fourth-order valence-corrected chi connectivity index (χ4v) is 3.67. The number of aliphatic hydroxyl groups is 1. The lowest BCUT2D eigenvalue weighted by Crippen LogP contribution is -2.36. The van der Waals surface area contributed by atoms with Crippen molar-refractivity contribution in [2.45, 2.75) is 43.0 Å². The lowest BCUT2D eigenvalue weighted by atomic mass is 9.96. The standard InChI is InChI=1S/C15H19NO3S/c17-12-4-5-13-8-10-15(11-9-13)20(18,19)16-14-6-2-1-3-7-14/h8-11,14,16-17H,1-3,6-7,12H2. The van der Waals surface area contributed by atoms with Gasteiger partial charge in [0.2, 0.25) is 10.0 Å². The second-order valence-electron chi connectivity index (χ2n) is 4.94. The number of aliphatic hydroxyl groups excluding tert-OH is 1. The zero-order valence-electron chi connectivity index (χ0n) is 11.3. The highest BCUT2D eigenvalue weighted by Crippen LogP contribution is 2.20. The van der Waals surface area contributed by atoms with Crippen molar-refractivity contribution in [1.82, 2.24) is 4.72 Å². The summed E-state index contributed by atoms with van der Waals surface area (Å²) in [5.41, 5.74) is 0.690. The summed E-state index contributed by atoms with van der Waals surface area (Å²) in [7, 11) is -3.44. The second kappa shape index (κ2) is 6.89. The van der Waals surface area contributed by atoms with E-state index in [2.05, 4.69) is 16.6 Å². The van der Waals surface area contributed by atoms with Crippen molar-refractivity contribution < 1.29 is 13.5 Å². The van der Waals surface area contributed by atoms with Gasteiger partial charge in [-0.1, -0.05) is 31.1 Å². The van der Waals surface area contributed by atoms with E-state index < -0.39 is 10.0 Å². The Bertz CT molecular complexity index is 590. The zero-order chi connectivity index (χ0) is 14.4. The molecule has 0 unspecified atom stereocenters. The monoisotopic (exact) mass is 293 g/mol. The first-order chi connectivity index (χ1) is 9.62. The van der Waals surface area contributed by atoms with E-state index in [0.717, 1.165) is 25.7 Å². The number of rotatable bonds is 3. The average molecular weight is 293 g/mol. The van der Waals surface area contributed by atoms with E-state index in [-0.39, 0.29) is 17.5 Å². The van der Waals surface area contributed by atoms with Crippen molar-refractivity contribution in [3.63, 3.8) is 0 Å². The Morgan fingerprint density at radius 1 is 1.15 bits per heavy atom. The minimum atomic E-state index is -3.44. The van der Waals surface area contributed by atoms with Crippen LogP contribution in [0.5, 0.6) is 0 Å². The lowest BCUT2D eigenvalue weighted by Gasteiger charge is -2.22. The molecule has 1 aliphatic carbocycles. The van der Waals surface area contributed by atoms with Crippen LogP contribution >= 0.6 is 0 Å². The third-order valence-electron chi connectivity index (χ3n) is 3.40. The number of nitrogens with one attached hydrogen (secondary N) is 1. The van der Waals surface area contributed by atoms with E-state index in [9.17, 15) is 8.42 Å². The SMILES string of the molecule is O=S(=O)(NC1CCCCC1)c1ccc(C#CCO)cc1. The highest BCUT2D eigenvalue weighted by Gasteiger charge is 2.21. The molecule has 2 N–H and O–H groups in total. The summed E-state index contributed by atoms with van der Waals surface area (Å²) in [6, 6.07) is 6.46. The van der Waals surface area contributed by atoms with Gasteiger partial charge in [0.15, 0.2) is 0 Å². The predicted octanol–water partition coefficient (Wildman–Crippen LogP) is 1.64. The van der Waals surface area contributed by atoms with Crippen LogP contribution in [0.1, 0.15) is 37.7 Å². The fourth-order valence-electron chi connectivity index (χ4n) is 2.37. The summed E-state index contributed by atoms with van der Waals surface area (Å²) in [5, 5.41) is 8.61. The molecule has 0 spiro atoms. The first-order valence-electron chi connectivity index (χ1n) is 6.84. The summed E-state index contributed by atoms with van der Waals surface area (Å²) in [5.74, 6) is 5.27. The zero-order valence-corrected chi connectivity index (χ0v) is 12.1. The number of sulfonamides is 1. The third kappa shape index (κ3) is 4.07. The van der Waals surface area contributed by atoms with Crippen molar-refractivity contribution in [3.8, 4) is 11.8 Å². The number of benzene rings is 1. The molecule has 1 fully saturated rings. The van der Waals surface area contributed by atoms with Crippen LogP contribution in [-0.4, -0.2) is 26.2 Å². The predicted molar refractivity (Wildman–Crippen MR) is 77.6 cm³/mol. The van der Waals surface area contributed by atoms with Crippen molar-refractivity contribution in [2.75, 3.05) is 6.61 Å². The first-order valence-corrected chi connectivity index (χ1v) is 8.32. The Hall–Kier alpha value is -1.35. The smallest absolute Gasteiger partial charge is 0.240 e. The number of hydrogen-bond acceptors (Lipinski definition) is 3. The molecule has 1 aromatic rings. The third-order valence-corrected chi connectivity index (χ3v) is 4.94. The molecule has 0 atom stereocenters. The highest BCUT2D eigenvalue weighted by molar-refractivity contribution is 7.89. The molecule has 0 amide bonds. The van der Waals surface area contributed by atoms with Crippen molar-refractivity contribution in [3.05, 3.63) is 29.8 Å². The van der Waals surface area contributed by atoms with Gasteiger partial charge >= 0.3 is 0 Å². The molecule has 20 heavy (non-hydrogen) atoms. The van der Waals surface area contributed by atoms with Gasteiger partial charge in [-0.2, -0.15) is 0 Å². The molecule has 0 heterocycles. The van der Waals surface area contributed by atoms with Gasteiger partial charge in [-0.3, -0.25) is 0 Å². The molecule has 0 saturated heterocycles. The molecule has 0 bridgehead atoms. The van der Waals surface area contributed by atoms with Gasteiger partial charge < -0.3 is 5.11 Å². The van der Waals surface area contributed by atoms with E-state index >= 15 is 0 Å². The van der Waals surface area contributed by atoms with Gasteiger partial charge in [-0.15, -0.1) is 0 Å². The molecular weight excluding hydrogens is 274 g/mol. The second-order valence-corrected chi connectivity index (χ2v) is 6.65. The Balaban J connectivity index is 2.08. The van der Waals surface area contributed by atoms with Gasteiger partial charge in [-0.25, -0.2) is 13.1 Å². The van der Waals surface area contributed by atoms with Crippen molar-refractivity contribution in [1.29, 1.82) is 0 Å². The minimum absolute atomic E-state index is 0.0580. The Morgan fingerprint density at radius 2 is 1.80 bits per heavy atom. The molecule has 1 aliphatic rings. The van der Waals surface area contributed by atoms with Crippen LogP contribution in [0, 0.1) is 11.8 Å². The Morgan fingerprint density at radius 3 is 2.40 bits per heavy atom. The summed E-state index contributed by atoms with van der Waals surface area (Å²) < 4.78 is 27.2. The van der Waals surface area contributed by atoms with Gasteiger partial charge in [0, 0.05) is 11.6 Å². The molecule has 108 valence electrons. The maximum Gasteiger partial charge on any atom is 0.240 e. The van der Waals surface area contributed by atoms with E-state index in [0.29, 0.717) is 5.56 Å². The van der Waals surface area contributed by atoms with Crippen LogP contribution in [0.4, 0.5) is 0 Å². The highest BCUT2D eigenvalue weighted by atomic mass is 32.2. The molecule has 5 heteroatoms. The van der Waals surface area contributed by atoms with Gasteiger partial charge in [0.25, 0.3) is 0 Å². The fraction of sp³-hybridized carbons (Fsp3) is 0.467.